The number of hydrogen-bond donors (Lipinski definition) is 2. The second kappa shape index (κ2) is 12.4. The van der Waals surface area contributed by atoms with E-state index in [1.165, 1.54) is 0 Å². The molecule has 0 amide bonds. The predicted molar refractivity (Wildman–Crippen MR) is 81.4 cm³/mol. The van der Waals surface area contributed by atoms with Crippen molar-refractivity contribution in [2.45, 2.75) is 53.8 Å². The first-order valence-electron chi connectivity index (χ1n) is 7.30. The lowest BCUT2D eigenvalue weighted by molar-refractivity contribution is -0.138. The molecule has 0 saturated heterocycles. The Morgan fingerprint density at radius 3 is 1.95 bits per heavy atom. The first-order valence-corrected chi connectivity index (χ1v) is 7.30. The van der Waals surface area contributed by atoms with Gasteiger partial charge in [-0.05, 0) is 13.5 Å². The van der Waals surface area contributed by atoms with Gasteiger partial charge in [-0.1, -0.05) is 34.6 Å². The summed E-state index contributed by atoms with van der Waals surface area (Å²) in [6.07, 6.45) is -2.85. The monoisotopic (exact) mass is 308 g/mol. The highest BCUT2D eigenvalue weighted by molar-refractivity contribution is 5.25. The minimum atomic E-state index is -4.39. The van der Waals surface area contributed by atoms with Crippen molar-refractivity contribution >= 4 is 5.95 Å². The third kappa shape index (κ3) is 10.1. The molecule has 1 aromatic heterocycles. The van der Waals surface area contributed by atoms with E-state index in [0.717, 1.165) is 18.9 Å². The van der Waals surface area contributed by atoms with Gasteiger partial charge < -0.3 is 10.6 Å². The predicted octanol–water partition coefficient (Wildman–Crippen LogP) is 3.96. The van der Waals surface area contributed by atoms with Crippen LogP contribution in [0, 0.1) is 0 Å². The molecule has 0 fully saturated rings. The van der Waals surface area contributed by atoms with E-state index in [1.54, 1.807) is 0 Å². The molecule has 124 valence electrons. The SMILES string of the molecule is CC.CC.CCNC(C)CNc1ncc(C(F)(F)F)cn1. The number of hydrogen-bond acceptors (Lipinski definition) is 4. The number of anilines is 1. The van der Waals surface area contributed by atoms with Crippen LogP contribution in [0.2, 0.25) is 0 Å². The molecule has 1 atom stereocenters. The number of likely N-dealkylation sites (N-methyl/N-ethyl adjacent to an activating group) is 1. The van der Waals surface area contributed by atoms with Gasteiger partial charge in [-0.25, -0.2) is 9.97 Å². The van der Waals surface area contributed by atoms with Gasteiger partial charge in [-0.15, -0.1) is 0 Å². The van der Waals surface area contributed by atoms with Crippen LogP contribution in [0.1, 0.15) is 47.1 Å². The average Bonchev–Trinajstić information content (AvgIpc) is 2.49. The first kappa shape index (κ1) is 21.9. The van der Waals surface area contributed by atoms with Gasteiger partial charge in [-0.3, -0.25) is 0 Å². The molecule has 0 saturated carbocycles. The maximum Gasteiger partial charge on any atom is 0.419 e. The lowest BCUT2D eigenvalue weighted by atomic mass is 10.3. The van der Waals surface area contributed by atoms with Crippen LogP contribution in [-0.2, 0) is 6.18 Å². The standard InChI is InChI=1S/C10H15F3N4.2C2H6/c1-3-14-7(2)4-15-9-16-5-8(6-17-9)10(11,12)13;2*1-2/h5-7,14H,3-4H2,1-2H3,(H,15,16,17);2*1-2H3. The zero-order valence-corrected chi connectivity index (χ0v) is 13.7. The molecule has 1 unspecified atom stereocenters. The van der Waals surface area contributed by atoms with Gasteiger partial charge >= 0.3 is 6.18 Å². The van der Waals surface area contributed by atoms with Crippen molar-refractivity contribution in [2.75, 3.05) is 18.4 Å². The molecule has 1 aromatic rings. The highest BCUT2D eigenvalue weighted by Crippen LogP contribution is 2.27. The average molecular weight is 308 g/mol. The Morgan fingerprint density at radius 2 is 1.57 bits per heavy atom. The minimum absolute atomic E-state index is 0.197. The van der Waals surface area contributed by atoms with E-state index in [4.69, 9.17) is 0 Å². The fraction of sp³-hybridized carbons (Fsp3) is 0.714. The van der Waals surface area contributed by atoms with Gasteiger partial charge in [0.1, 0.15) is 0 Å². The lowest BCUT2D eigenvalue weighted by Crippen LogP contribution is -2.32. The van der Waals surface area contributed by atoms with E-state index < -0.39 is 11.7 Å². The minimum Gasteiger partial charge on any atom is -0.353 e. The Hall–Kier alpha value is -1.37. The molecule has 0 radical (unpaired) electrons. The quantitative estimate of drug-likeness (QED) is 0.864. The number of aromatic nitrogens is 2. The van der Waals surface area contributed by atoms with Crippen LogP contribution in [0.3, 0.4) is 0 Å². The van der Waals surface area contributed by atoms with E-state index in [-0.39, 0.29) is 12.0 Å². The summed E-state index contributed by atoms with van der Waals surface area (Å²) in [4.78, 5) is 7.21. The lowest BCUT2D eigenvalue weighted by Gasteiger charge is -2.13. The molecule has 4 nitrogen and oxygen atoms in total. The van der Waals surface area contributed by atoms with Crippen LogP contribution in [0.5, 0.6) is 0 Å². The summed E-state index contributed by atoms with van der Waals surface area (Å²) < 4.78 is 36.7. The molecule has 0 aliphatic heterocycles. The summed E-state index contributed by atoms with van der Waals surface area (Å²) in [5.74, 6) is 0.197. The van der Waals surface area contributed by atoms with Crippen LogP contribution in [-0.4, -0.2) is 29.1 Å². The normalized spacial score (nSPS) is 11.5. The van der Waals surface area contributed by atoms with Crippen molar-refractivity contribution in [2.24, 2.45) is 0 Å². The maximum absolute atomic E-state index is 12.2. The van der Waals surface area contributed by atoms with Crippen LogP contribution in [0.4, 0.5) is 19.1 Å². The summed E-state index contributed by atoms with van der Waals surface area (Å²) in [5, 5.41) is 6.01. The summed E-state index contributed by atoms with van der Waals surface area (Å²) in [6, 6.07) is 0.200. The molecular weight excluding hydrogens is 281 g/mol. The molecule has 1 heterocycles. The van der Waals surface area contributed by atoms with Gasteiger partial charge in [0.05, 0.1) is 5.56 Å². The maximum atomic E-state index is 12.2. The van der Waals surface area contributed by atoms with Crippen molar-refractivity contribution < 1.29 is 13.2 Å². The van der Waals surface area contributed by atoms with Gasteiger partial charge in [0.25, 0.3) is 0 Å². The highest BCUT2D eigenvalue weighted by Gasteiger charge is 2.31. The zero-order chi connectivity index (χ0) is 16.9. The van der Waals surface area contributed by atoms with E-state index in [2.05, 4.69) is 20.6 Å². The number of nitrogens with one attached hydrogen (secondary N) is 2. The van der Waals surface area contributed by atoms with Crippen LogP contribution >= 0.6 is 0 Å². The van der Waals surface area contributed by atoms with Crippen molar-refractivity contribution in [3.63, 3.8) is 0 Å². The van der Waals surface area contributed by atoms with Crippen molar-refractivity contribution in [3.05, 3.63) is 18.0 Å². The van der Waals surface area contributed by atoms with Crippen molar-refractivity contribution in [1.29, 1.82) is 0 Å². The number of halogens is 3. The Kier molecular flexibility index (Phi) is 12.9. The topological polar surface area (TPSA) is 49.8 Å². The summed E-state index contributed by atoms with van der Waals surface area (Å²) in [5.41, 5.74) is -0.845. The second-order valence-electron chi connectivity index (χ2n) is 3.63. The largest absolute Gasteiger partial charge is 0.419 e. The number of alkyl halides is 3. The van der Waals surface area contributed by atoms with E-state index in [0.29, 0.717) is 6.54 Å². The van der Waals surface area contributed by atoms with Crippen LogP contribution in [0.15, 0.2) is 12.4 Å². The highest BCUT2D eigenvalue weighted by atomic mass is 19.4. The third-order valence-electron chi connectivity index (χ3n) is 2.10. The number of nitrogens with zero attached hydrogens (tertiary/aromatic N) is 2. The van der Waals surface area contributed by atoms with E-state index >= 15 is 0 Å². The summed E-state index contributed by atoms with van der Waals surface area (Å²) >= 11 is 0. The molecular formula is C14H27F3N4. The van der Waals surface area contributed by atoms with Crippen molar-refractivity contribution in [3.8, 4) is 0 Å². The Bertz CT molecular complexity index is 339. The third-order valence-corrected chi connectivity index (χ3v) is 2.10. The molecule has 0 aliphatic rings. The molecule has 1 rings (SSSR count). The van der Waals surface area contributed by atoms with E-state index in [1.807, 2.05) is 41.5 Å². The Morgan fingerprint density at radius 1 is 1.10 bits per heavy atom. The molecule has 0 aromatic carbocycles. The summed E-state index contributed by atoms with van der Waals surface area (Å²) in [6.45, 7) is 13.3. The van der Waals surface area contributed by atoms with Crippen molar-refractivity contribution in [1.82, 2.24) is 15.3 Å². The molecule has 0 bridgehead atoms. The number of rotatable bonds is 5. The smallest absolute Gasteiger partial charge is 0.353 e. The Labute approximate surface area is 125 Å². The van der Waals surface area contributed by atoms with Gasteiger partial charge in [-0.2, -0.15) is 13.2 Å². The second-order valence-corrected chi connectivity index (χ2v) is 3.63. The molecule has 0 aliphatic carbocycles. The first-order chi connectivity index (χ1) is 9.93. The van der Waals surface area contributed by atoms with Gasteiger partial charge in [0, 0.05) is 25.0 Å². The van der Waals surface area contributed by atoms with Crippen LogP contribution in [0.25, 0.3) is 0 Å². The Balaban J connectivity index is 0. The van der Waals surface area contributed by atoms with E-state index in [9.17, 15) is 13.2 Å². The van der Waals surface area contributed by atoms with Gasteiger partial charge in [0.15, 0.2) is 0 Å². The fourth-order valence-electron chi connectivity index (χ4n) is 1.23. The molecule has 7 heteroatoms. The van der Waals surface area contributed by atoms with Crippen LogP contribution < -0.4 is 10.6 Å². The zero-order valence-electron chi connectivity index (χ0n) is 13.7. The summed E-state index contributed by atoms with van der Waals surface area (Å²) in [7, 11) is 0. The molecule has 2 N–H and O–H groups in total. The molecule has 21 heavy (non-hydrogen) atoms. The fourth-order valence-corrected chi connectivity index (χ4v) is 1.23. The van der Waals surface area contributed by atoms with Gasteiger partial charge in [0.2, 0.25) is 5.95 Å². The molecule has 0 spiro atoms.